The van der Waals surface area contributed by atoms with Crippen LogP contribution in [0.2, 0.25) is 0 Å². The molecule has 0 bridgehead atoms. The highest BCUT2D eigenvalue weighted by molar-refractivity contribution is 7.85. The summed E-state index contributed by atoms with van der Waals surface area (Å²) in [5.74, 6) is -1.41. The zero-order valence-corrected chi connectivity index (χ0v) is 14.8. The lowest BCUT2D eigenvalue weighted by molar-refractivity contribution is -0.117. The highest BCUT2D eigenvalue weighted by atomic mass is 32.2. The molecule has 0 aromatic heterocycles. The van der Waals surface area contributed by atoms with E-state index in [1.54, 1.807) is 0 Å². The van der Waals surface area contributed by atoms with E-state index >= 15 is 0 Å². The summed E-state index contributed by atoms with van der Waals surface area (Å²) in [6.45, 7) is 1.99. The molecule has 2 saturated heterocycles. The van der Waals surface area contributed by atoms with Crippen LogP contribution in [-0.4, -0.2) is 47.5 Å². The standard InChI is InChI=1S/C16H19F2N3O4S/c17-13-7-12(2-5-20-4-1-11(9-20)3-6-22)8-14(25-18)16(13)21-10-15(23)19-26(21)24/h6-8,11H,1-5,9-10H2,(H,19,23). The first-order valence-electron chi connectivity index (χ1n) is 8.27. The van der Waals surface area contributed by atoms with Gasteiger partial charge in [-0.3, -0.25) is 18.8 Å². The Balaban J connectivity index is 1.70. The van der Waals surface area contributed by atoms with Crippen molar-refractivity contribution in [2.45, 2.75) is 19.3 Å². The Hall–Kier alpha value is -2.07. The number of likely N-dealkylation sites (tertiary alicyclic amines) is 1. The maximum absolute atomic E-state index is 14.5. The Labute approximate surface area is 151 Å². The van der Waals surface area contributed by atoms with Crippen LogP contribution in [0.4, 0.5) is 14.6 Å². The van der Waals surface area contributed by atoms with Gasteiger partial charge >= 0.3 is 0 Å². The third-order valence-electron chi connectivity index (χ3n) is 4.63. The molecular formula is C16H19F2N3O4S. The number of hydrogen-bond donors (Lipinski definition) is 1. The third kappa shape index (κ3) is 4.01. The van der Waals surface area contributed by atoms with E-state index in [0.29, 0.717) is 30.9 Å². The fourth-order valence-corrected chi connectivity index (χ4v) is 4.29. The number of rotatable bonds is 7. The van der Waals surface area contributed by atoms with Crippen LogP contribution < -0.4 is 14.0 Å². The molecule has 0 spiro atoms. The summed E-state index contributed by atoms with van der Waals surface area (Å²) >= 11 is -1.97. The first-order chi connectivity index (χ1) is 12.5. The van der Waals surface area contributed by atoms with Crippen molar-refractivity contribution >= 4 is 29.1 Å². The van der Waals surface area contributed by atoms with Crippen LogP contribution in [0.25, 0.3) is 0 Å². The van der Waals surface area contributed by atoms with Gasteiger partial charge in [0.2, 0.25) is 11.2 Å². The van der Waals surface area contributed by atoms with E-state index in [9.17, 15) is 22.7 Å². The van der Waals surface area contributed by atoms with Gasteiger partial charge in [-0.1, -0.05) is 0 Å². The summed E-state index contributed by atoms with van der Waals surface area (Å²) in [4.78, 5) is 27.8. The van der Waals surface area contributed by atoms with E-state index in [-0.39, 0.29) is 12.2 Å². The number of aldehydes is 1. The molecule has 1 aromatic rings. The summed E-state index contributed by atoms with van der Waals surface area (Å²) in [6.07, 6.45) is 2.89. The van der Waals surface area contributed by atoms with Crippen molar-refractivity contribution in [3.05, 3.63) is 23.5 Å². The maximum Gasteiger partial charge on any atom is 0.253 e. The molecule has 142 valence electrons. The van der Waals surface area contributed by atoms with Crippen LogP contribution in [0.3, 0.4) is 0 Å². The Morgan fingerprint density at radius 3 is 2.88 bits per heavy atom. The van der Waals surface area contributed by atoms with Gasteiger partial charge in [-0.05, 0) is 43.0 Å². The van der Waals surface area contributed by atoms with Crippen LogP contribution >= 0.6 is 0 Å². The third-order valence-corrected chi connectivity index (χ3v) is 5.74. The van der Waals surface area contributed by atoms with Crippen LogP contribution in [0, 0.1) is 11.7 Å². The van der Waals surface area contributed by atoms with E-state index < -0.39 is 28.6 Å². The van der Waals surface area contributed by atoms with Crippen molar-refractivity contribution in [1.29, 1.82) is 0 Å². The van der Waals surface area contributed by atoms with E-state index in [1.165, 1.54) is 12.1 Å². The molecule has 2 heterocycles. The largest absolute Gasteiger partial charge is 0.303 e. The molecule has 1 amide bonds. The van der Waals surface area contributed by atoms with Gasteiger partial charge in [-0.2, -0.15) is 0 Å². The summed E-state index contributed by atoms with van der Waals surface area (Å²) in [6, 6.07) is 2.58. The summed E-state index contributed by atoms with van der Waals surface area (Å²) in [7, 11) is 0. The quantitative estimate of drug-likeness (QED) is 0.708. The number of carbonyl (C=O) groups excluding carboxylic acids is 2. The first kappa shape index (κ1) is 18.7. The molecule has 7 nitrogen and oxygen atoms in total. The Morgan fingerprint density at radius 2 is 2.23 bits per heavy atom. The SMILES string of the molecule is O=CCC1CCN(CCc2cc(F)c(N3CC(=O)NS3=O)c(OF)c2)C1. The molecule has 2 aliphatic heterocycles. The van der Waals surface area contributed by atoms with E-state index in [1.807, 2.05) is 0 Å². The minimum absolute atomic E-state index is 0.342. The molecular weight excluding hydrogens is 368 g/mol. The number of benzene rings is 1. The molecule has 0 radical (unpaired) electrons. The second kappa shape index (κ2) is 8.09. The van der Waals surface area contributed by atoms with Gasteiger partial charge in [0.15, 0.2) is 11.6 Å². The molecule has 1 aromatic carbocycles. The van der Waals surface area contributed by atoms with Crippen LogP contribution in [0.1, 0.15) is 18.4 Å². The predicted molar refractivity (Wildman–Crippen MR) is 90.7 cm³/mol. The van der Waals surface area contributed by atoms with Crippen LogP contribution in [-0.2, 0) is 27.2 Å². The zero-order chi connectivity index (χ0) is 18.7. The van der Waals surface area contributed by atoms with Crippen LogP contribution in [0.15, 0.2) is 12.1 Å². The highest BCUT2D eigenvalue weighted by Crippen LogP contribution is 2.35. The normalized spacial score (nSPS) is 23.3. The second-order valence-corrected chi connectivity index (χ2v) is 7.56. The number of anilines is 1. The molecule has 3 rings (SSSR count). The average molecular weight is 387 g/mol. The monoisotopic (exact) mass is 387 g/mol. The highest BCUT2D eigenvalue weighted by Gasteiger charge is 2.32. The van der Waals surface area contributed by atoms with Gasteiger partial charge in [0.05, 0.1) is 0 Å². The van der Waals surface area contributed by atoms with Gasteiger partial charge < -0.3 is 9.69 Å². The molecule has 10 heteroatoms. The summed E-state index contributed by atoms with van der Waals surface area (Å²) in [5, 5.41) is 0. The van der Waals surface area contributed by atoms with Gasteiger partial charge in [0.1, 0.15) is 18.5 Å². The number of amides is 1. The molecule has 2 fully saturated rings. The van der Waals surface area contributed by atoms with Crippen molar-refractivity contribution < 1.29 is 27.7 Å². The Morgan fingerprint density at radius 1 is 1.42 bits per heavy atom. The smallest absolute Gasteiger partial charge is 0.253 e. The molecule has 0 aliphatic carbocycles. The molecule has 1 N–H and O–H groups in total. The Kier molecular flexibility index (Phi) is 5.82. The van der Waals surface area contributed by atoms with Crippen LogP contribution in [0.5, 0.6) is 5.75 Å². The van der Waals surface area contributed by atoms with Crippen molar-refractivity contribution in [2.24, 2.45) is 5.92 Å². The molecule has 2 aliphatic rings. The predicted octanol–water partition coefficient (Wildman–Crippen LogP) is 1.06. The van der Waals surface area contributed by atoms with Crippen molar-refractivity contribution in [3.63, 3.8) is 0 Å². The van der Waals surface area contributed by atoms with Crippen molar-refractivity contribution in [1.82, 2.24) is 9.62 Å². The summed E-state index contributed by atoms with van der Waals surface area (Å²) < 4.78 is 42.3. The number of carbonyl (C=O) groups is 2. The molecule has 2 atom stereocenters. The molecule has 0 saturated carbocycles. The van der Waals surface area contributed by atoms with E-state index in [2.05, 4.69) is 14.6 Å². The number of hydrogen-bond acceptors (Lipinski definition) is 5. The van der Waals surface area contributed by atoms with Gasteiger partial charge in [-0.25, -0.2) is 8.60 Å². The molecule has 26 heavy (non-hydrogen) atoms. The number of nitrogens with one attached hydrogen (secondary N) is 1. The molecule has 2 unspecified atom stereocenters. The lowest BCUT2D eigenvalue weighted by atomic mass is 10.1. The van der Waals surface area contributed by atoms with E-state index in [4.69, 9.17) is 0 Å². The first-order valence-corrected chi connectivity index (χ1v) is 9.38. The zero-order valence-electron chi connectivity index (χ0n) is 14.0. The lowest BCUT2D eigenvalue weighted by Gasteiger charge is -2.19. The van der Waals surface area contributed by atoms with E-state index in [0.717, 1.165) is 30.1 Å². The van der Waals surface area contributed by atoms with Crippen molar-refractivity contribution in [3.8, 4) is 5.75 Å². The average Bonchev–Trinajstić information content (AvgIpc) is 3.18. The Bertz CT molecular complexity index is 734. The van der Waals surface area contributed by atoms with Crippen molar-refractivity contribution in [2.75, 3.05) is 30.5 Å². The van der Waals surface area contributed by atoms with Gasteiger partial charge in [-0.15, -0.1) is 0 Å². The lowest BCUT2D eigenvalue weighted by Crippen LogP contribution is -2.25. The topological polar surface area (TPSA) is 79.0 Å². The minimum atomic E-state index is -1.97. The second-order valence-electron chi connectivity index (χ2n) is 6.42. The van der Waals surface area contributed by atoms with Gasteiger partial charge in [0, 0.05) is 24.0 Å². The fourth-order valence-electron chi connectivity index (χ4n) is 3.34. The summed E-state index contributed by atoms with van der Waals surface area (Å²) in [5.41, 5.74) is 0.183. The van der Waals surface area contributed by atoms with Gasteiger partial charge in [0.25, 0.3) is 5.91 Å². The maximum atomic E-state index is 14.5. The fraction of sp³-hybridized carbons (Fsp3) is 0.500. The number of nitrogens with zero attached hydrogens (tertiary/aromatic N) is 2. The minimum Gasteiger partial charge on any atom is -0.303 e. The number of halogens is 2.